The second kappa shape index (κ2) is 6.39. The van der Waals surface area contributed by atoms with E-state index in [1.807, 2.05) is 6.92 Å². The van der Waals surface area contributed by atoms with Crippen LogP contribution < -0.4 is 10.1 Å². The van der Waals surface area contributed by atoms with Crippen LogP contribution >= 0.6 is 11.6 Å². The number of benzene rings is 2. The summed E-state index contributed by atoms with van der Waals surface area (Å²) in [4.78, 5) is 12.0. The van der Waals surface area contributed by atoms with Crippen molar-refractivity contribution in [3.8, 4) is 5.75 Å². The minimum absolute atomic E-state index is 0.0913. The largest absolute Gasteiger partial charge is 0.494 e. The van der Waals surface area contributed by atoms with Crippen LogP contribution in [0.2, 0.25) is 5.02 Å². The predicted molar refractivity (Wildman–Crippen MR) is 77.0 cm³/mol. The SMILES string of the molecule is CCOc1ccc(NC(=O)c2cc(Cl)ccc2F)cc1. The van der Waals surface area contributed by atoms with E-state index < -0.39 is 11.7 Å². The molecule has 0 saturated carbocycles. The third kappa shape index (κ3) is 3.48. The Morgan fingerprint density at radius 3 is 2.60 bits per heavy atom. The van der Waals surface area contributed by atoms with Crippen LogP contribution in [0.1, 0.15) is 17.3 Å². The summed E-state index contributed by atoms with van der Waals surface area (Å²) in [6.45, 7) is 2.46. The third-order valence-electron chi connectivity index (χ3n) is 2.60. The van der Waals surface area contributed by atoms with E-state index in [1.165, 1.54) is 12.1 Å². The minimum atomic E-state index is -0.613. The first-order valence-electron chi connectivity index (χ1n) is 6.09. The molecule has 5 heteroatoms. The van der Waals surface area contributed by atoms with E-state index in [1.54, 1.807) is 24.3 Å². The van der Waals surface area contributed by atoms with Crippen molar-refractivity contribution in [1.29, 1.82) is 0 Å². The second-order valence-electron chi connectivity index (χ2n) is 4.04. The molecular formula is C15H13ClFNO2. The molecule has 0 atom stereocenters. The number of ether oxygens (including phenoxy) is 1. The summed E-state index contributed by atoms with van der Waals surface area (Å²) in [6.07, 6.45) is 0. The quantitative estimate of drug-likeness (QED) is 0.920. The van der Waals surface area contributed by atoms with Crippen molar-refractivity contribution in [3.05, 3.63) is 58.9 Å². The molecule has 0 spiro atoms. The van der Waals surface area contributed by atoms with Gasteiger partial charge < -0.3 is 10.1 Å². The van der Waals surface area contributed by atoms with Crippen LogP contribution in [0.15, 0.2) is 42.5 Å². The van der Waals surface area contributed by atoms with Gasteiger partial charge in [0.1, 0.15) is 11.6 Å². The van der Waals surface area contributed by atoms with Gasteiger partial charge in [-0.3, -0.25) is 4.79 Å². The van der Waals surface area contributed by atoms with Gasteiger partial charge in [0, 0.05) is 10.7 Å². The highest BCUT2D eigenvalue weighted by atomic mass is 35.5. The van der Waals surface area contributed by atoms with E-state index in [4.69, 9.17) is 16.3 Å². The van der Waals surface area contributed by atoms with E-state index in [9.17, 15) is 9.18 Å². The number of halogens is 2. The van der Waals surface area contributed by atoms with Crippen molar-refractivity contribution in [1.82, 2.24) is 0 Å². The molecule has 0 bridgehead atoms. The van der Waals surface area contributed by atoms with Gasteiger partial charge in [-0.05, 0) is 49.4 Å². The summed E-state index contributed by atoms with van der Waals surface area (Å²) >= 11 is 5.76. The maximum absolute atomic E-state index is 13.5. The van der Waals surface area contributed by atoms with Crippen LogP contribution in [0.25, 0.3) is 0 Å². The van der Waals surface area contributed by atoms with Gasteiger partial charge in [-0.15, -0.1) is 0 Å². The molecule has 104 valence electrons. The molecule has 0 aliphatic rings. The highest BCUT2D eigenvalue weighted by molar-refractivity contribution is 6.31. The normalized spacial score (nSPS) is 10.2. The third-order valence-corrected chi connectivity index (χ3v) is 2.83. The molecule has 0 aromatic heterocycles. The maximum atomic E-state index is 13.5. The molecule has 0 heterocycles. The fourth-order valence-electron chi connectivity index (χ4n) is 1.67. The summed E-state index contributed by atoms with van der Waals surface area (Å²) < 4.78 is 18.8. The Hall–Kier alpha value is -2.07. The first-order valence-corrected chi connectivity index (χ1v) is 6.47. The van der Waals surface area contributed by atoms with E-state index in [0.717, 1.165) is 6.07 Å². The van der Waals surface area contributed by atoms with Gasteiger partial charge in [-0.2, -0.15) is 0 Å². The first-order chi connectivity index (χ1) is 9.60. The van der Waals surface area contributed by atoms with Gasteiger partial charge in [0.15, 0.2) is 0 Å². The Balaban J connectivity index is 2.13. The van der Waals surface area contributed by atoms with Crippen LogP contribution in [0.5, 0.6) is 5.75 Å². The minimum Gasteiger partial charge on any atom is -0.494 e. The van der Waals surface area contributed by atoms with Gasteiger partial charge in [0.2, 0.25) is 0 Å². The molecular weight excluding hydrogens is 281 g/mol. The number of carbonyl (C=O) groups excluding carboxylic acids is 1. The van der Waals surface area contributed by atoms with Gasteiger partial charge in [0.25, 0.3) is 5.91 Å². The van der Waals surface area contributed by atoms with Gasteiger partial charge >= 0.3 is 0 Å². The van der Waals surface area contributed by atoms with E-state index in [2.05, 4.69) is 5.32 Å². The first kappa shape index (κ1) is 14.3. The highest BCUT2D eigenvalue weighted by Crippen LogP contribution is 2.19. The topological polar surface area (TPSA) is 38.3 Å². The van der Waals surface area contributed by atoms with Crippen LogP contribution in [-0.2, 0) is 0 Å². The number of rotatable bonds is 4. The molecule has 2 aromatic carbocycles. The van der Waals surface area contributed by atoms with Gasteiger partial charge in [0.05, 0.1) is 12.2 Å². The van der Waals surface area contributed by atoms with Crippen LogP contribution in [-0.4, -0.2) is 12.5 Å². The lowest BCUT2D eigenvalue weighted by Gasteiger charge is -2.08. The number of carbonyl (C=O) groups is 1. The molecule has 0 unspecified atom stereocenters. The van der Waals surface area contributed by atoms with Crippen LogP contribution in [0.4, 0.5) is 10.1 Å². The van der Waals surface area contributed by atoms with E-state index in [0.29, 0.717) is 23.1 Å². The molecule has 20 heavy (non-hydrogen) atoms. The van der Waals surface area contributed by atoms with Crippen molar-refractivity contribution in [3.63, 3.8) is 0 Å². The number of anilines is 1. The Morgan fingerprint density at radius 1 is 1.25 bits per heavy atom. The molecule has 2 aromatic rings. The zero-order valence-electron chi connectivity index (χ0n) is 10.8. The Morgan fingerprint density at radius 2 is 1.95 bits per heavy atom. The molecule has 3 nitrogen and oxygen atoms in total. The summed E-state index contributed by atoms with van der Waals surface area (Å²) in [5, 5.41) is 2.91. The lowest BCUT2D eigenvalue weighted by Crippen LogP contribution is -2.13. The predicted octanol–water partition coefficient (Wildman–Crippen LogP) is 4.13. The molecule has 0 saturated heterocycles. The average Bonchev–Trinajstić information content (AvgIpc) is 2.44. The zero-order chi connectivity index (χ0) is 14.5. The summed E-state index contributed by atoms with van der Waals surface area (Å²) in [5.41, 5.74) is 0.462. The van der Waals surface area contributed by atoms with Crippen molar-refractivity contribution in [2.24, 2.45) is 0 Å². The van der Waals surface area contributed by atoms with Crippen molar-refractivity contribution in [2.75, 3.05) is 11.9 Å². The number of hydrogen-bond acceptors (Lipinski definition) is 2. The van der Waals surface area contributed by atoms with Crippen molar-refractivity contribution < 1.29 is 13.9 Å². The molecule has 0 radical (unpaired) electrons. The Labute approximate surface area is 121 Å². The van der Waals surface area contributed by atoms with E-state index in [-0.39, 0.29) is 5.56 Å². The zero-order valence-corrected chi connectivity index (χ0v) is 11.6. The fraction of sp³-hybridized carbons (Fsp3) is 0.133. The summed E-state index contributed by atoms with van der Waals surface area (Å²) in [7, 11) is 0. The fourth-order valence-corrected chi connectivity index (χ4v) is 1.84. The average molecular weight is 294 g/mol. The number of nitrogens with one attached hydrogen (secondary N) is 1. The number of amides is 1. The van der Waals surface area contributed by atoms with Gasteiger partial charge in [-0.25, -0.2) is 4.39 Å². The van der Waals surface area contributed by atoms with Crippen molar-refractivity contribution >= 4 is 23.2 Å². The van der Waals surface area contributed by atoms with Crippen molar-refractivity contribution in [2.45, 2.75) is 6.92 Å². The molecule has 1 amide bonds. The van der Waals surface area contributed by atoms with Crippen LogP contribution in [0, 0.1) is 5.82 Å². The molecule has 0 fully saturated rings. The van der Waals surface area contributed by atoms with Crippen LogP contribution in [0.3, 0.4) is 0 Å². The standard InChI is InChI=1S/C15H13ClFNO2/c1-2-20-12-6-4-11(5-7-12)18-15(19)13-9-10(16)3-8-14(13)17/h3-9H,2H2,1H3,(H,18,19). The summed E-state index contributed by atoms with van der Waals surface area (Å²) in [5.74, 6) is -0.452. The van der Waals surface area contributed by atoms with Gasteiger partial charge in [-0.1, -0.05) is 11.6 Å². The lowest BCUT2D eigenvalue weighted by atomic mass is 10.2. The smallest absolute Gasteiger partial charge is 0.258 e. The monoisotopic (exact) mass is 293 g/mol. The summed E-state index contributed by atoms with van der Waals surface area (Å²) in [6, 6.07) is 10.7. The molecule has 0 aliphatic heterocycles. The molecule has 1 N–H and O–H groups in total. The molecule has 0 aliphatic carbocycles. The molecule has 2 rings (SSSR count). The second-order valence-corrected chi connectivity index (χ2v) is 4.47. The highest BCUT2D eigenvalue weighted by Gasteiger charge is 2.12. The Kier molecular flexibility index (Phi) is 4.58. The maximum Gasteiger partial charge on any atom is 0.258 e. The number of hydrogen-bond donors (Lipinski definition) is 1. The lowest BCUT2D eigenvalue weighted by molar-refractivity contribution is 0.102. The Bertz CT molecular complexity index is 614. The van der Waals surface area contributed by atoms with E-state index >= 15 is 0 Å².